The maximum atomic E-state index is 2.42. The largest absolute Gasteiger partial charge is 0.0622 e. The highest BCUT2D eigenvalue weighted by molar-refractivity contribution is 5.30. The van der Waals surface area contributed by atoms with Gasteiger partial charge in [0.2, 0.25) is 0 Å². The van der Waals surface area contributed by atoms with E-state index in [4.69, 9.17) is 0 Å². The van der Waals surface area contributed by atoms with Crippen molar-refractivity contribution >= 4 is 0 Å². The summed E-state index contributed by atoms with van der Waals surface area (Å²) in [5.74, 6) is 2.53. The summed E-state index contributed by atoms with van der Waals surface area (Å²) in [5, 5.41) is 0. The topological polar surface area (TPSA) is 0 Å². The van der Waals surface area contributed by atoms with E-state index in [1.807, 2.05) is 0 Å². The van der Waals surface area contributed by atoms with Gasteiger partial charge in [-0.1, -0.05) is 67.4 Å². The van der Waals surface area contributed by atoms with E-state index >= 15 is 0 Å². The van der Waals surface area contributed by atoms with Gasteiger partial charge in [-0.3, -0.25) is 0 Å². The van der Waals surface area contributed by atoms with Crippen molar-refractivity contribution in [3.63, 3.8) is 0 Å². The summed E-state index contributed by atoms with van der Waals surface area (Å²) < 4.78 is 0. The van der Waals surface area contributed by atoms with Crippen molar-refractivity contribution < 1.29 is 0 Å². The molecule has 2 aromatic rings. The van der Waals surface area contributed by atoms with Crippen LogP contribution in [0, 0.1) is 5.92 Å². The first-order chi connectivity index (χ1) is 10.9. The Balaban J connectivity index is 1.41. The summed E-state index contributed by atoms with van der Waals surface area (Å²) in [4.78, 5) is 0. The Morgan fingerprint density at radius 3 is 2.05 bits per heavy atom. The third-order valence-electron chi connectivity index (χ3n) is 5.61. The Bertz CT molecular complexity index is 592. The first-order valence-corrected chi connectivity index (χ1v) is 9.02. The third kappa shape index (κ3) is 3.27. The van der Waals surface area contributed by atoms with Crippen LogP contribution >= 0.6 is 0 Å². The molecule has 0 heteroatoms. The highest BCUT2D eigenvalue weighted by Gasteiger charge is 2.25. The van der Waals surface area contributed by atoms with Gasteiger partial charge < -0.3 is 0 Å². The lowest BCUT2D eigenvalue weighted by Crippen LogP contribution is -2.16. The van der Waals surface area contributed by atoms with Crippen LogP contribution in [0.25, 0.3) is 0 Å². The molecule has 2 unspecified atom stereocenters. The van der Waals surface area contributed by atoms with Gasteiger partial charge in [-0.2, -0.15) is 0 Å². The molecule has 2 aliphatic carbocycles. The molecule has 0 saturated heterocycles. The Labute approximate surface area is 134 Å². The fourth-order valence-corrected chi connectivity index (χ4v) is 4.18. The number of rotatable bonds is 4. The second-order valence-corrected chi connectivity index (χ2v) is 7.36. The van der Waals surface area contributed by atoms with Crippen LogP contribution in [0.1, 0.15) is 67.1 Å². The zero-order valence-corrected chi connectivity index (χ0v) is 13.4. The van der Waals surface area contributed by atoms with E-state index < -0.39 is 0 Å². The molecule has 22 heavy (non-hydrogen) atoms. The molecule has 0 N–H and O–H groups in total. The highest BCUT2D eigenvalue weighted by Crippen LogP contribution is 2.42. The lowest BCUT2D eigenvalue weighted by molar-refractivity contribution is 0.320. The van der Waals surface area contributed by atoms with Crippen LogP contribution in [0.2, 0.25) is 0 Å². The quantitative estimate of drug-likeness (QED) is 0.640. The summed E-state index contributed by atoms with van der Waals surface area (Å²) in [5.41, 5.74) is 4.67. The van der Waals surface area contributed by atoms with E-state index in [-0.39, 0.29) is 0 Å². The molecule has 0 aliphatic heterocycles. The van der Waals surface area contributed by atoms with Crippen LogP contribution in [0.3, 0.4) is 0 Å². The van der Waals surface area contributed by atoms with E-state index in [1.54, 1.807) is 11.1 Å². The molecule has 0 amide bonds. The minimum absolute atomic E-state index is 0.788. The van der Waals surface area contributed by atoms with Gasteiger partial charge in [0.15, 0.2) is 0 Å². The van der Waals surface area contributed by atoms with Crippen molar-refractivity contribution in [1.29, 1.82) is 0 Å². The minimum atomic E-state index is 0.788. The van der Waals surface area contributed by atoms with Gasteiger partial charge in [-0.15, -0.1) is 0 Å². The average Bonchev–Trinajstić information content (AvgIpc) is 3.41. The molecule has 2 atom stereocenters. The van der Waals surface area contributed by atoms with Crippen molar-refractivity contribution in [2.75, 3.05) is 0 Å². The monoisotopic (exact) mass is 290 g/mol. The van der Waals surface area contributed by atoms with E-state index in [1.165, 1.54) is 50.5 Å². The van der Waals surface area contributed by atoms with Crippen LogP contribution in [-0.2, 0) is 6.42 Å². The molecule has 4 rings (SSSR count). The molecule has 0 spiro atoms. The van der Waals surface area contributed by atoms with Crippen molar-refractivity contribution in [3.05, 3.63) is 71.3 Å². The van der Waals surface area contributed by atoms with Crippen molar-refractivity contribution in [3.8, 4) is 0 Å². The molecule has 2 aromatic carbocycles. The zero-order valence-electron chi connectivity index (χ0n) is 13.4. The fraction of sp³-hybridized carbons (Fsp3) is 0.455. The van der Waals surface area contributed by atoms with Gasteiger partial charge in [0.25, 0.3) is 0 Å². The molecule has 2 aliphatic rings. The Morgan fingerprint density at radius 2 is 1.36 bits per heavy atom. The molecule has 114 valence electrons. The van der Waals surface area contributed by atoms with Crippen LogP contribution < -0.4 is 0 Å². The predicted molar refractivity (Wildman–Crippen MR) is 93.3 cm³/mol. The minimum Gasteiger partial charge on any atom is -0.0622 e. The Morgan fingerprint density at radius 1 is 0.682 bits per heavy atom. The molecule has 0 nitrogen and oxygen atoms in total. The molecular weight excluding hydrogens is 264 g/mol. The summed E-state index contributed by atoms with van der Waals surface area (Å²) in [6, 6.07) is 20.7. The average molecular weight is 290 g/mol. The highest BCUT2D eigenvalue weighted by atomic mass is 14.3. The lowest BCUT2D eigenvalue weighted by Gasteiger charge is -2.29. The van der Waals surface area contributed by atoms with E-state index in [0.717, 1.165) is 17.8 Å². The first-order valence-electron chi connectivity index (χ1n) is 9.02. The molecule has 0 aromatic heterocycles. The fourth-order valence-electron chi connectivity index (χ4n) is 4.18. The summed E-state index contributed by atoms with van der Waals surface area (Å²) in [6.07, 6.45) is 9.63. The summed E-state index contributed by atoms with van der Waals surface area (Å²) in [7, 11) is 0. The van der Waals surface area contributed by atoms with Gasteiger partial charge >= 0.3 is 0 Å². The number of benzene rings is 2. The van der Waals surface area contributed by atoms with Crippen LogP contribution in [-0.4, -0.2) is 0 Å². The maximum absolute atomic E-state index is 2.42. The Kier molecular flexibility index (Phi) is 4.01. The lowest BCUT2D eigenvalue weighted by atomic mass is 9.76. The van der Waals surface area contributed by atoms with Crippen LogP contribution in [0.4, 0.5) is 0 Å². The summed E-state index contributed by atoms with van der Waals surface area (Å²) in [6.45, 7) is 0. The summed E-state index contributed by atoms with van der Waals surface area (Å²) >= 11 is 0. The number of hydrogen-bond donors (Lipinski definition) is 0. The first kappa shape index (κ1) is 14.1. The van der Waals surface area contributed by atoms with Crippen molar-refractivity contribution in [2.45, 2.75) is 56.8 Å². The molecule has 2 saturated carbocycles. The smallest absolute Gasteiger partial charge is 0.0159 e. The van der Waals surface area contributed by atoms with E-state index in [0.29, 0.717) is 0 Å². The normalized spacial score (nSPS) is 25.1. The van der Waals surface area contributed by atoms with E-state index in [9.17, 15) is 0 Å². The number of hydrogen-bond acceptors (Lipinski definition) is 0. The van der Waals surface area contributed by atoms with Gasteiger partial charge in [0.05, 0.1) is 0 Å². The third-order valence-corrected chi connectivity index (χ3v) is 5.61. The van der Waals surface area contributed by atoms with E-state index in [2.05, 4.69) is 54.6 Å². The van der Waals surface area contributed by atoms with Gasteiger partial charge in [0, 0.05) is 0 Å². The van der Waals surface area contributed by atoms with Crippen molar-refractivity contribution in [2.24, 2.45) is 5.92 Å². The van der Waals surface area contributed by atoms with Crippen molar-refractivity contribution in [1.82, 2.24) is 0 Å². The maximum Gasteiger partial charge on any atom is -0.0159 e. The van der Waals surface area contributed by atoms with Crippen LogP contribution in [0.15, 0.2) is 54.6 Å². The van der Waals surface area contributed by atoms with Gasteiger partial charge in [-0.25, -0.2) is 0 Å². The SMILES string of the molecule is c1ccc(CC2CCCC(c3ccc(C4CC4)cc3)C2)cc1. The van der Waals surface area contributed by atoms with Crippen LogP contribution in [0.5, 0.6) is 0 Å². The zero-order chi connectivity index (χ0) is 14.8. The van der Waals surface area contributed by atoms with Gasteiger partial charge in [-0.05, 0) is 66.5 Å². The second-order valence-electron chi connectivity index (χ2n) is 7.36. The standard InChI is InChI=1S/C22H26/c1-2-5-17(6-3-1)15-18-7-4-8-22(16-18)21-13-11-20(12-14-21)19-9-10-19/h1-3,5-6,11-14,18-19,22H,4,7-10,15-16H2. The van der Waals surface area contributed by atoms with Gasteiger partial charge in [0.1, 0.15) is 0 Å². The molecular formula is C22H26. The molecule has 2 fully saturated rings. The second kappa shape index (κ2) is 6.28. The molecule has 0 bridgehead atoms. The Hall–Kier alpha value is -1.56. The molecule has 0 heterocycles. The molecule has 0 radical (unpaired) electrons. The predicted octanol–water partition coefficient (Wildman–Crippen LogP) is 6.08.